The Morgan fingerprint density at radius 3 is 1.65 bits per heavy atom. The first-order chi connectivity index (χ1) is 11.1. The molecular weight excluding hydrogens is 284 g/mol. The third kappa shape index (κ3) is 2.69. The average Bonchev–Trinajstić information content (AvgIpc) is 2.62. The van der Waals surface area contributed by atoms with Crippen molar-refractivity contribution in [3.05, 3.63) is 107 Å². The molecule has 3 aromatic rings. The van der Waals surface area contributed by atoms with Crippen LogP contribution in [0.4, 0.5) is 0 Å². The Labute approximate surface area is 136 Å². The summed E-state index contributed by atoms with van der Waals surface area (Å²) >= 11 is 0. The first-order valence-electron chi connectivity index (χ1n) is 7.58. The molecule has 0 heterocycles. The van der Waals surface area contributed by atoms with Crippen LogP contribution < -0.4 is 0 Å². The first kappa shape index (κ1) is 15.2. The first-order valence-corrected chi connectivity index (χ1v) is 7.58. The van der Waals surface area contributed by atoms with E-state index in [1.807, 2.05) is 78.9 Å². The molecule has 3 aromatic carbocycles. The molecule has 0 aliphatic carbocycles. The van der Waals surface area contributed by atoms with Gasteiger partial charge < -0.3 is 5.11 Å². The number of carbonyl (C=O) groups excluding carboxylic acids is 1. The number of hydrogen-bond donors (Lipinski definition) is 1. The quantitative estimate of drug-likeness (QED) is 0.580. The van der Waals surface area contributed by atoms with E-state index in [1.54, 1.807) is 6.07 Å². The SMILES string of the molecule is CC(=O)c1ccccc1C(O)(c1ccccc1)c1ccccc1. The largest absolute Gasteiger partial charge is 0.376 e. The van der Waals surface area contributed by atoms with Gasteiger partial charge in [0.2, 0.25) is 0 Å². The summed E-state index contributed by atoms with van der Waals surface area (Å²) in [5, 5.41) is 11.7. The van der Waals surface area contributed by atoms with Crippen molar-refractivity contribution >= 4 is 5.78 Å². The van der Waals surface area contributed by atoms with Gasteiger partial charge in [0.05, 0.1) is 0 Å². The van der Waals surface area contributed by atoms with Gasteiger partial charge in [0, 0.05) is 11.1 Å². The fourth-order valence-corrected chi connectivity index (χ4v) is 2.94. The summed E-state index contributed by atoms with van der Waals surface area (Å²) in [6, 6.07) is 26.1. The molecule has 23 heavy (non-hydrogen) atoms. The van der Waals surface area contributed by atoms with Crippen LogP contribution in [-0.2, 0) is 5.60 Å². The van der Waals surface area contributed by atoms with Gasteiger partial charge in [-0.2, -0.15) is 0 Å². The molecule has 0 spiro atoms. The summed E-state index contributed by atoms with van der Waals surface area (Å²) in [4.78, 5) is 12.1. The van der Waals surface area contributed by atoms with E-state index in [-0.39, 0.29) is 5.78 Å². The Hall–Kier alpha value is -2.71. The summed E-state index contributed by atoms with van der Waals surface area (Å²) in [5.41, 5.74) is 1.23. The third-order valence-electron chi connectivity index (χ3n) is 4.08. The zero-order valence-corrected chi connectivity index (χ0v) is 12.9. The number of benzene rings is 3. The van der Waals surface area contributed by atoms with E-state index in [0.717, 1.165) is 11.1 Å². The minimum absolute atomic E-state index is 0.0640. The van der Waals surface area contributed by atoms with Crippen LogP contribution in [0, 0.1) is 0 Å². The van der Waals surface area contributed by atoms with Gasteiger partial charge in [-0.15, -0.1) is 0 Å². The maximum absolute atomic E-state index is 12.1. The van der Waals surface area contributed by atoms with Crippen LogP contribution in [0.3, 0.4) is 0 Å². The summed E-state index contributed by atoms with van der Waals surface area (Å²) in [6.45, 7) is 1.52. The lowest BCUT2D eigenvalue weighted by Gasteiger charge is -2.31. The second kappa shape index (κ2) is 6.19. The minimum atomic E-state index is -1.37. The molecule has 0 aromatic heterocycles. The number of rotatable bonds is 4. The molecule has 0 unspecified atom stereocenters. The van der Waals surface area contributed by atoms with Gasteiger partial charge in [-0.05, 0) is 18.1 Å². The summed E-state index contributed by atoms with van der Waals surface area (Å²) in [6.07, 6.45) is 0. The Bertz CT molecular complexity index is 768. The van der Waals surface area contributed by atoms with Crippen LogP contribution >= 0.6 is 0 Å². The topological polar surface area (TPSA) is 37.3 Å². The monoisotopic (exact) mass is 302 g/mol. The molecule has 2 heteroatoms. The standard InChI is InChI=1S/C21H18O2/c1-16(22)19-14-8-9-15-20(19)21(23,17-10-4-2-5-11-17)18-12-6-3-7-13-18/h2-15,23H,1H3. The smallest absolute Gasteiger partial charge is 0.160 e. The lowest BCUT2D eigenvalue weighted by Crippen LogP contribution is -2.30. The summed E-state index contributed by atoms with van der Waals surface area (Å²) in [7, 11) is 0. The van der Waals surface area contributed by atoms with Crippen molar-refractivity contribution in [3.63, 3.8) is 0 Å². The predicted octanol–water partition coefficient (Wildman–Crippen LogP) is 4.17. The van der Waals surface area contributed by atoms with Crippen LogP contribution in [-0.4, -0.2) is 10.9 Å². The Morgan fingerprint density at radius 1 is 0.739 bits per heavy atom. The van der Waals surface area contributed by atoms with Crippen LogP contribution in [0.2, 0.25) is 0 Å². The van der Waals surface area contributed by atoms with E-state index < -0.39 is 5.60 Å². The Kier molecular flexibility index (Phi) is 4.09. The van der Waals surface area contributed by atoms with Crippen molar-refractivity contribution in [3.8, 4) is 0 Å². The molecule has 0 bridgehead atoms. The van der Waals surface area contributed by atoms with Crippen LogP contribution in [0.15, 0.2) is 84.9 Å². The van der Waals surface area contributed by atoms with Gasteiger partial charge in [0.1, 0.15) is 5.60 Å². The van der Waals surface area contributed by atoms with Crippen molar-refractivity contribution in [2.24, 2.45) is 0 Å². The lowest BCUT2D eigenvalue weighted by atomic mass is 9.78. The molecule has 0 saturated heterocycles. The van der Waals surface area contributed by atoms with E-state index >= 15 is 0 Å². The van der Waals surface area contributed by atoms with E-state index in [9.17, 15) is 9.90 Å². The highest BCUT2D eigenvalue weighted by Crippen LogP contribution is 2.38. The average molecular weight is 302 g/mol. The maximum Gasteiger partial charge on any atom is 0.160 e. The summed E-state index contributed by atoms with van der Waals surface area (Å²) in [5.74, 6) is -0.0640. The molecule has 2 nitrogen and oxygen atoms in total. The highest BCUT2D eigenvalue weighted by Gasteiger charge is 2.36. The second-order valence-corrected chi connectivity index (χ2v) is 5.54. The Balaban J connectivity index is 2.33. The second-order valence-electron chi connectivity index (χ2n) is 5.54. The van der Waals surface area contributed by atoms with E-state index in [4.69, 9.17) is 0 Å². The van der Waals surface area contributed by atoms with Gasteiger partial charge in [-0.1, -0.05) is 84.9 Å². The molecular formula is C21H18O2. The minimum Gasteiger partial charge on any atom is -0.376 e. The van der Waals surface area contributed by atoms with Crippen molar-refractivity contribution in [1.82, 2.24) is 0 Å². The van der Waals surface area contributed by atoms with Gasteiger partial charge in [0.15, 0.2) is 5.78 Å². The highest BCUT2D eigenvalue weighted by atomic mass is 16.3. The van der Waals surface area contributed by atoms with Gasteiger partial charge in [0.25, 0.3) is 0 Å². The van der Waals surface area contributed by atoms with Crippen LogP contribution in [0.1, 0.15) is 34.0 Å². The summed E-state index contributed by atoms with van der Waals surface area (Å²) < 4.78 is 0. The van der Waals surface area contributed by atoms with Crippen molar-refractivity contribution in [2.45, 2.75) is 12.5 Å². The fraction of sp³-hybridized carbons (Fsp3) is 0.0952. The molecule has 0 radical (unpaired) electrons. The lowest BCUT2D eigenvalue weighted by molar-refractivity contribution is 0.0987. The maximum atomic E-state index is 12.1. The van der Waals surface area contributed by atoms with Gasteiger partial charge in [-0.3, -0.25) is 4.79 Å². The number of carbonyl (C=O) groups is 1. The number of ketones is 1. The molecule has 0 amide bonds. The molecule has 1 N–H and O–H groups in total. The van der Waals surface area contributed by atoms with E-state index in [0.29, 0.717) is 11.1 Å². The van der Waals surface area contributed by atoms with Gasteiger partial charge >= 0.3 is 0 Å². The van der Waals surface area contributed by atoms with E-state index in [2.05, 4.69) is 0 Å². The third-order valence-corrected chi connectivity index (χ3v) is 4.08. The van der Waals surface area contributed by atoms with E-state index in [1.165, 1.54) is 6.92 Å². The Morgan fingerprint density at radius 2 is 1.17 bits per heavy atom. The van der Waals surface area contributed by atoms with Crippen molar-refractivity contribution in [1.29, 1.82) is 0 Å². The highest BCUT2D eigenvalue weighted by molar-refractivity contribution is 5.96. The number of hydrogen-bond acceptors (Lipinski definition) is 2. The molecule has 0 fully saturated rings. The van der Waals surface area contributed by atoms with Crippen LogP contribution in [0.25, 0.3) is 0 Å². The molecule has 114 valence electrons. The molecule has 0 saturated carbocycles. The van der Waals surface area contributed by atoms with Crippen molar-refractivity contribution < 1.29 is 9.90 Å². The zero-order chi connectivity index (χ0) is 16.3. The zero-order valence-electron chi connectivity index (χ0n) is 12.9. The van der Waals surface area contributed by atoms with Crippen LogP contribution in [0.5, 0.6) is 0 Å². The molecule has 0 aliphatic rings. The fourth-order valence-electron chi connectivity index (χ4n) is 2.94. The van der Waals surface area contributed by atoms with Gasteiger partial charge in [-0.25, -0.2) is 0 Å². The molecule has 3 rings (SSSR count). The predicted molar refractivity (Wildman–Crippen MR) is 91.4 cm³/mol. The molecule has 0 aliphatic heterocycles. The number of Topliss-reactive ketones (excluding diaryl/α,β-unsaturated/α-hetero) is 1. The normalized spacial score (nSPS) is 11.2. The number of aliphatic hydroxyl groups is 1. The molecule has 0 atom stereocenters. The van der Waals surface area contributed by atoms with Crippen molar-refractivity contribution in [2.75, 3.05) is 0 Å².